The first-order valence-corrected chi connectivity index (χ1v) is 6.78. The van der Waals surface area contributed by atoms with Gasteiger partial charge in [-0.25, -0.2) is 4.68 Å². The van der Waals surface area contributed by atoms with Gasteiger partial charge in [0.25, 0.3) is 0 Å². The van der Waals surface area contributed by atoms with Crippen LogP contribution < -0.4 is 5.32 Å². The van der Waals surface area contributed by atoms with Gasteiger partial charge in [0.2, 0.25) is 5.89 Å². The third kappa shape index (κ3) is 2.60. The fourth-order valence-corrected chi connectivity index (χ4v) is 2.03. The van der Waals surface area contributed by atoms with Crippen molar-refractivity contribution in [3.63, 3.8) is 0 Å². The molecule has 0 amide bonds. The molecule has 1 fully saturated rings. The van der Waals surface area contributed by atoms with Crippen molar-refractivity contribution in [1.29, 1.82) is 0 Å². The SMILES string of the molecule is c1cc(-n2cnnn2)ccc1NCc1noc(C2CC2)n1. The highest BCUT2D eigenvalue weighted by molar-refractivity contribution is 5.48. The molecule has 8 heteroatoms. The van der Waals surface area contributed by atoms with Gasteiger partial charge in [-0.1, -0.05) is 5.16 Å². The van der Waals surface area contributed by atoms with E-state index in [1.807, 2.05) is 24.3 Å². The minimum atomic E-state index is 0.488. The molecule has 106 valence electrons. The Balaban J connectivity index is 1.40. The van der Waals surface area contributed by atoms with Gasteiger partial charge >= 0.3 is 0 Å². The monoisotopic (exact) mass is 283 g/mol. The fraction of sp³-hybridized carbons (Fsp3) is 0.308. The summed E-state index contributed by atoms with van der Waals surface area (Å²) in [4.78, 5) is 4.37. The van der Waals surface area contributed by atoms with Crippen LogP contribution in [0.15, 0.2) is 35.1 Å². The minimum Gasteiger partial charge on any atom is -0.378 e. The molecule has 0 radical (unpaired) electrons. The maximum atomic E-state index is 5.22. The van der Waals surface area contributed by atoms with E-state index in [0.29, 0.717) is 18.3 Å². The van der Waals surface area contributed by atoms with Crippen molar-refractivity contribution in [3.05, 3.63) is 42.3 Å². The molecule has 3 aromatic rings. The Bertz CT molecular complexity index is 715. The van der Waals surface area contributed by atoms with Crippen molar-refractivity contribution in [1.82, 2.24) is 30.3 Å². The number of aromatic nitrogens is 6. The zero-order valence-corrected chi connectivity index (χ0v) is 11.2. The smallest absolute Gasteiger partial charge is 0.229 e. The zero-order chi connectivity index (χ0) is 14.1. The van der Waals surface area contributed by atoms with E-state index in [1.165, 1.54) is 0 Å². The van der Waals surface area contributed by atoms with Crippen LogP contribution in [0.3, 0.4) is 0 Å². The highest BCUT2D eigenvalue weighted by Gasteiger charge is 2.29. The number of nitrogens with zero attached hydrogens (tertiary/aromatic N) is 6. The van der Waals surface area contributed by atoms with Gasteiger partial charge in [-0.3, -0.25) is 0 Å². The summed E-state index contributed by atoms with van der Waals surface area (Å²) in [6, 6.07) is 7.78. The second-order valence-corrected chi connectivity index (χ2v) is 4.98. The number of tetrazole rings is 1. The van der Waals surface area contributed by atoms with E-state index in [0.717, 1.165) is 30.1 Å². The summed E-state index contributed by atoms with van der Waals surface area (Å²) in [6.45, 7) is 0.542. The molecule has 0 saturated heterocycles. The molecule has 1 N–H and O–H groups in total. The molecule has 2 aromatic heterocycles. The standard InChI is InChI=1S/C13H13N7O/c1-2-9(1)13-16-12(17-21-13)7-14-10-3-5-11(6-4-10)20-8-15-18-19-20/h3-6,8-9,14H,1-2,7H2. The van der Waals surface area contributed by atoms with Crippen LogP contribution in [0.25, 0.3) is 5.69 Å². The molecule has 8 nitrogen and oxygen atoms in total. The van der Waals surface area contributed by atoms with Gasteiger partial charge in [0.05, 0.1) is 12.2 Å². The van der Waals surface area contributed by atoms with Crippen LogP contribution in [-0.2, 0) is 6.54 Å². The lowest BCUT2D eigenvalue weighted by Gasteiger charge is -2.04. The summed E-state index contributed by atoms with van der Waals surface area (Å²) < 4.78 is 6.82. The van der Waals surface area contributed by atoms with E-state index >= 15 is 0 Å². The van der Waals surface area contributed by atoms with Gasteiger partial charge in [0.15, 0.2) is 5.82 Å². The Kier molecular flexibility index (Phi) is 2.84. The maximum absolute atomic E-state index is 5.22. The molecule has 1 aromatic carbocycles. The average Bonchev–Trinajstić information content (AvgIpc) is 3.04. The number of benzene rings is 1. The van der Waals surface area contributed by atoms with E-state index in [4.69, 9.17) is 4.52 Å². The van der Waals surface area contributed by atoms with E-state index in [2.05, 4.69) is 31.0 Å². The van der Waals surface area contributed by atoms with Gasteiger partial charge in [-0.05, 0) is 47.5 Å². The molecule has 1 aliphatic carbocycles. The average molecular weight is 283 g/mol. The first kappa shape index (κ1) is 12.0. The van der Waals surface area contributed by atoms with Crippen LogP contribution >= 0.6 is 0 Å². The fourth-order valence-electron chi connectivity index (χ4n) is 2.03. The van der Waals surface area contributed by atoms with E-state index in [9.17, 15) is 0 Å². The van der Waals surface area contributed by atoms with Crippen LogP contribution in [0.5, 0.6) is 0 Å². The van der Waals surface area contributed by atoms with Gasteiger partial charge in [-0.2, -0.15) is 4.98 Å². The van der Waals surface area contributed by atoms with E-state index in [-0.39, 0.29) is 0 Å². The maximum Gasteiger partial charge on any atom is 0.229 e. The number of nitrogens with one attached hydrogen (secondary N) is 1. The topological polar surface area (TPSA) is 94.6 Å². The molecular formula is C13H13N7O. The van der Waals surface area contributed by atoms with Crippen molar-refractivity contribution < 1.29 is 4.52 Å². The van der Waals surface area contributed by atoms with Crippen molar-refractivity contribution in [2.24, 2.45) is 0 Å². The van der Waals surface area contributed by atoms with E-state index < -0.39 is 0 Å². The predicted octanol–water partition coefficient (Wildman–Crippen LogP) is 1.53. The summed E-state index contributed by atoms with van der Waals surface area (Å²) in [6.07, 6.45) is 3.88. The highest BCUT2D eigenvalue weighted by Crippen LogP contribution is 2.38. The summed E-state index contributed by atoms with van der Waals surface area (Å²) >= 11 is 0. The third-order valence-electron chi connectivity index (χ3n) is 3.34. The number of hydrogen-bond donors (Lipinski definition) is 1. The Hall–Kier alpha value is -2.77. The Morgan fingerprint density at radius 2 is 2.10 bits per heavy atom. The largest absolute Gasteiger partial charge is 0.378 e. The Morgan fingerprint density at radius 3 is 2.81 bits per heavy atom. The van der Waals surface area contributed by atoms with Gasteiger partial charge in [0, 0.05) is 11.6 Å². The lowest BCUT2D eigenvalue weighted by molar-refractivity contribution is 0.374. The molecule has 2 heterocycles. The van der Waals surface area contributed by atoms with Crippen molar-refractivity contribution >= 4 is 5.69 Å². The number of anilines is 1. The summed E-state index contributed by atoms with van der Waals surface area (Å²) in [5.41, 5.74) is 1.88. The quantitative estimate of drug-likeness (QED) is 0.758. The molecule has 0 atom stereocenters. The molecule has 1 aliphatic rings. The molecule has 0 bridgehead atoms. The van der Waals surface area contributed by atoms with Crippen LogP contribution in [-0.4, -0.2) is 30.3 Å². The summed E-state index contributed by atoms with van der Waals surface area (Å²) in [5, 5.41) is 18.3. The van der Waals surface area contributed by atoms with Crippen LogP contribution in [0, 0.1) is 0 Å². The van der Waals surface area contributed by atoms with Crippen molar-refractivity contribution in [2.45, 2.75) is 25.3 Å². The van der Waals surface area contributed by atoms with Crippen LogP contribution in [0.2, 0.25) is 0 Å². The predicted molar refractivity (Wildman–Crippen MR) is 72.8 cm³/mol. The van der Waals surface area contributed by atoms with Gasteiger partial charge < -0.3 is 9.84 Å². The van der Waals surface area contributed by atoms with Crippen molar-refractivity contribution in [2.75, 3.05) is 5.32 Å². The molecule has 0 spiro atoms. The molecule has 21 heavy (non-hydrogen) atoms. The second kappa shape index (κ2) is 4.97. The lowest BCUT2D eigenvalue weighted by Crippen LogP contribution is -2.02. The van der Waals surface area contributed by atoms with Gasteiger partial charge in [-0.15, -0.1) is 5.10 Å². The molecule has 0 unspecified atom stereocenters. The van der Waals surface area contributed by atoms with Crippen molar-refractivity contribution in [3.8, 4) is 5.69 Å². The number of hydrogen-bond acceptors (Lipinski definition) is 7. The Labute approximate surface area is 120 Å². The van der Waals surface area contributed by atoms with Crippen LogP contribution in [0.4, 0.5) is 5.69 Å². The van der Waals surface area contributed by atoms with Gasteiger partial charge in [0.1, 0.15) is 6.33 Å². The van der Waals surface area contributed by atoms with Crippen LogP contribution in [0.1, 0.15) is 30.5 Å². The normalized spacial score (nSPS) is 14.3. The number of rotatable bonds is 5. The molecule has 0 aliphatic heterocycles. The molecule has 1 saturated carbocycles. The Morgan fingerprint density at radius 1 is 1.24 bits per heavy atom. The molecular weight excluding hydrogens is 270 g/mol. The minimum absolute atomic E-state index is 0.488. The highest BCUT2D eigenvalue weighted by atomic mass is 16.5. The lowest BCUT2D eigenvalue weighted by atomic mass is 10.3. The zero-order valence-electron chi connectivity index (χ0n) is 11.2. The first-order chi connectivity index (χ1) is 10.4. The first-order valence-electron chi connectivity index (χ1n) is 6.78. The second-order valence-electron chi connectivity index (χ2n) is 4.98. The summed E-state index contributed by atoms with van der Waals surface area (Å²) in [7, 11) is 0. The third-order valence-corrected chi connectivity index (χ3v) is 3.34. The molecule has 4 rings (SSSR count). The van der Waals surface area contributed by atoms with E-state index in [1.54, 1.807) is 11.0 Å². The summed E-state index contributed by atoms with van der Waals surface area (Å²) in [5.74, 6) is 1.93.